The number of nitrogens with zero attached hydrogens (tertiary/aromatic N) is 4. The number of anilines is 2. The third-order valence-electron chi connectivity index (χ3n) is 9.50. The smallest absolute Gasteiger partial charge is 0.328 e. The van der Waals surface area contributed by atoms with E-state index in [0.29, 0.717) is 55.8 Å². The Morgan fingerprint density at radius 2 is 1.57 bits per heavy atom. The second-order valence-corrected chi connectivity index (χ2v) is 14.5. The fourth-order valence-electron chi connectivity index (χ4n) is 6.27. The lowest BCUT2D eigenvalue weighted by Gasteiger charge is -2.27. The molecule has 5 rings (SSSR count). The first-order chi connectivity index (χ1) is 31.8. The highest BCUT2D eigenvalue weighted by Crippen LogP contribution is 2.19. The molecule has 24 nitrogen and oxygen atoms in total. The number of amides is 2. The number of aromatic amines is 1. The fourth-order valence-corrected chi connectivity index (χ4v) is 6.27. The summed E-state index contributed by atoms with van der Waals surface area (Å²) in [5, 5.41) is 51.1. The van der Waals surface area contributed by atoms with Crippen LogP contribution in [0.25, 0.3) is 11.2 Å². The molecule has 1 aliphatic rings. The first-order valence-corrected chi connectivity index (χ1v) is 20.5. The van der Waals surface area contributed by atoms with Gasteiger partial charge in [-0.05, 0) is 75.8 Å². The predicted molar refractivity (Wildman–Crippen MR) is 236 cm³/mol. The Hall–Kier alpha value is -8.28. The van der Waals surface area contributed by atoms with Crippen molar-refractivity contribution in [3.63, 3.8) is 0 Å². The molecule has 2 amide bonds. The Labute approximate surface area is 381 Å². The van der Waals surface area contributed by atoms with Crippen LogP contribution in [0.15, 0.2) is 77.7 Å². The van der Waals surface area contributed by atoms with Gasteiger partial charge in [0.05, 0.1) is 31.1 Å². The third kappa shape index (κ3) is 18.0. The van der Waals surface area contributed by atoms with Gasteiger partial charge in [0.25, 0.3) is 11.5 Å². The zero-order valence-corrected chi connectivity index (χ0v) is 36.3. The SMILES string of the molecule is CCOC(=O)[C@H](CCc1ccccc1)N[C@@H](C)C(=O)N1CCC[C@H]1C(=O)O.Nc1nc2ncc(CNc3ccc(C(=O)N[C@@H](CCC(=O)O)C(=O)O)cc3)nc2c(=O)[nH]1.O=C(O)/C=C\C(=O)O. The van der Waals surface area contributed by atoms with E-state index in [4.69, 9.17) is 30.9 Å². The summed E-state index contributed by atoms with van der Waals surface area (Å²) in [5.41, 5.74) is 7.57. The number of ether oxygens (including phenoxy) is 1. The van der Waals surface area contributed by atoms with Gasteiger partial charge in [-0.25, -0.2) is 29.1 Å². The number of nitrogen functional groups attached to an aromatic ring is 1. The highest BCUT2D eigenvalue weighted by molar-refractivity contribution is 5.97. The van der Waals surface area contributed by atoms with Gasteiger partial charge in [0, 0.05) is 36.4 Å². The second-order valence-electron chi connectivity index (χ2n) is 14.5. The number of hydrogen-bond donors (Lipinski definition) is 10. The topological polar surface area (TPSA) is 384 Å². The van der Waals surface area contributed by atoms with Crippen molar-refractivity contribution in [2.24, 2.45) is 0 Å². The summed E-state index contributed by atoms with van der Waals surface area (Å²) in [6.45, 7) is 4.32. The average Bonchev–Trinajstić information content (AvgIpc) is 3.79. The second kappa shape index (κ2) is 26.5. The number of aromatic nitrogens is 4. The Balaban J connectivity index is 0.000000309. The molecule has 0 spiro atoms. The maximum absolute atomic E-state index is 12.7. The highest BCUT2D eigenvalue weighted by atomic mass is 16.5. The largest absolute Gasteiger partial charge is 0.481 e. The number of esters is 1. The standard InChI is InChI=1S/C20H28N2O5.C19H19N7O6.C4H4O4/c1-3-27-20(26)16(12-11-15-8-5-4-6-9-15)21-14(2)18(23)22-13-7-10-17(22)19(24)25;20-19-25-15-14(17(30)26-19)23-11(8-22-15)7-21-10-3-1-9(2-4-10)16(29)24-12(18(31)32)5-6-13(27)28;5-3(6)1-2-4(7)8/h4-6,8-9,14,16-17,21H,3,7,10-13H2,1-2H3,(H,24,25);1-4,8,12,21H,5-7H2,(H,24,29)(H,27,28)(H,31,32)(H3,20,22,25,26,30);1-2H,(H,5,6)(H,7,8)/b;;2-1-/t14-,16-,17-;12-;/m00./s1. The van der Waals surface area contributed by atoms with Crippen molar-refractivity contribution in [2.45, 2.75) is 83.1 Å². The third-order valence-corrected chi connectivity index (χ3v) is 9.50. The van der Waals surface area contributed by atoms with E-state index in [2.05, 4.69) is 35.9 Å². The number of carbonyl (C=O) groups is 8. The molecule has 4 atom stereocenters. The molecule has 3 heterocycles. The molecule has 4 aromatic rings. The first kappa shape index (κ1) is 53.1. The van der Waals surface area contributed by atoms with Gasteiger partial charge in [-0.2, -0.15) is 4.98 Å². The van der Waals surface area contributed by atoms with Crippen LogP contribution in [0.1, 0.15) is 67.6 Å². The first-order valence-electron chi connectivity index (χ1n) is 20.5. The Bertz CT molecular complexity index is 2450. The summed E-state index contributed by atoms with van der Waals surface area (Å²) in [7, 11) is 0. The van der Waals surface area contributed by atoms with E-state index in [-0.39, 0.29) is 54.6 Å². The van der Waals surface area contributed by atoms with E-state index < -0.39 is 71.4 Å². The van der Waals surface area contributed by atoms with Gasteiger partial charge < -0.3 is 51.5 Å². The maximum atomic E-state index is 12.7. The predicted octanol–water partition coefficient (Wildman–Crippen LogP) is 1.27. The molecule has 1 aliphatic heterocycles. The molecule has 2 aromatic heterocycles. The highest BCUT2D eigenvalue weighted by Gasteiger charge is 2.37. The zero-order chi connectivity index (χ0) is 49.6. The van der Waals surface area contributed by atoms with Crippen molar-refractivity contribution in [2.75, 3.05) is 24.2 Å². The van der Waals surface area contributed by atoms with Crippen LogP contribution in [0.2, 0.25) is 0 Å². The number of carboxylic acids is 5. The zero-order valence-electron chi connectivity index (χ0n) is 36.3. The average molecular weight is 934 g/mol. The number of hydrogen-bond acceptors (Lipinski definition) is 16. The van der Waals surface area contributed by atoms with E-state index >= 15 is 0 Å². The summed E-state index contributed by atoms with van der Waals surface area (Å²) in [6, 6.07) is 12.6. The molecular weight excluding hydrogens is 883 g/mol. The normalized spacial score (nSPS) is 14.2. The molecule has 358 valence electrons. The maximum Gasteiger partial charge on any atom is 0.328 e. The van der Waals surface area contributed by atoms with Crippen LogP contribution in [0.3, 0.4) is 0 Å². The van der Waals surface area contributed by atoms with Crippen molar-refractivity contribution in [1.29, 1.82) is 0 Å². The minimum Gasteiger partial charge on any atom is -0.481 e. The van der Waals surface area contributed by atoms with Crippen molar-refractivity contribution in [3.05, 3.63) is 100 Å². The number of fused-ring (bicyclic) bond motifs is 1. The van der Waals surface area contributed by atoms with Gasteiger partial charge in [-0.1, -0.05) is 30.3 Å². The lowest BCUT2D eigenvalue weighted by Crippen LogP contribution is -2.53. The van der Waals surface area contributed by atoms with Crippen LogP contribution in [-0.2, 0) is 51.3 Å². The number of aliphatic carboxylic acids is 5. The minimum absolute atomic E-state index is 0.0524. The summed E-state index contributed by atoms with van der Waals surface area (Å²) >= 11 is 0. The Morgan fingerprint density at radius 3 is 2.15 bits per heavy atom. The molecular formula is C43H51N9O15. The molecule has 67 heavy (non-hydrogen) atoms. The minimum atomic E-state index is -1.31. The van der Waals surface area contributed by atoms with Crippen molar-refractivity contribution >= 4 is 70.4 Å². The van der Waals surface area contributed by atoms with Crippen LogP contribution in [0.5, 0.6) is 0 Å². The summed E-state index contributed by atoms with van der Waals surface area (Å²) in [6.07, 6.45) is 4.24. The number of benzene rings is 2. The van der Waals surface area contributed by atoms with E-state index in [9.17, 15) is 48.3 Å². The summed E-state index contributed by atoms with van der Waals surface area (Å²) in [5.74, 6) is -7.35. The lowest BCUT2D eigenvalue weighted by atomic mass is 10.0. The summed E-state index contributed by atoms with van der Waals surface area (Å²) < 4.78 is 5.14. The summed E-state index contributed by atoms with van der Waals surface area (Å²) in [4.78, 5) is 117. The Kier molecular flexibility index (Phi) is 21.0. The number of H-pyrrole nitrogens is 1. The molecule has 0 bridgehead atoms. The monoisotopic (exact) mass is 933 g/mol. The fraction of sp³-hybridized carbons (Fsp3) is 0.349. The number of carbonyl (C=O) groups excluding carboxylic acids is 3. The van der Waals surface area contributed by atoms with Crippen molar-refractivity contribution in [3.8, 4) is 0 Å². The number of carboxylic acid groups (broad SMARTS) is 5. The number of rotatable bonds is 20. The molecule has 0 radical (unpaired) electrons. The van der Waals surface area contributed by atoms with Gasteiger partial charge in [0.15, 0.2) is 11.2 Å². The number of nitrogens with one attached hydrogen (secondary N) is 4. The molecule has 1 fully saturated rings. The molecule has 24 heteroatoms. The quantitative estimate of drug-likeness (QED) is 0.0440. The van der Waals surface area contributed by atoms with E-state index in [0.717, 1.165) is 5.56 Å². The molecule has 11 N–H and O–H groups in total. The number of nitrogens with two attached hydrogens (primary N) is 1. The van der Waals surface area contributed by atoms with Crippen LogP contribution in [0.4, 0.5) is 11.6 Å². The van der Waals surface area contributed by atoms with E-state index in [1.807, 2.05) is 30.3 Å². The van der Waals surface area contributed by atoms with E-state index in [1.165, 1.54) is 23.2 Å². The van der Waals surface area contributed by atoms with Crippen molar-refractivity contribution in [1.82, 2.24) is 35.5 Å². The van der Waals surface area contributed by atoms with Gasteiger partial charge in [0.2, 0.25) is 11.9 Å². The molecule has 0 aliphatic carbocycles. The lowest BCUT2D eigenvalue weighted by molar-refractivity contribution is -0.150. The Morgan fingerprint density at radius 1 is 0.910 bits per heavy atom. The van der Waals surface area contributed by atoms with Crippen LogP contribution in [0, 0.1) is 0 Å². The van der Waals surface area contributed by atoms with Crippen LogP contribution < -0.4 is 27.2 Å². The van der Waals surface area contributed by atoms with Gasteiger partial charge >= 0.3 is 35.8 Å². The molecule has 0 saturated carbocycles. The van der Waals surface area contributed by atoms with Gasteiger partial charge in [-0.3, -0.25) is 34.3 Å². The van der Waals surface area contributed by atoms with Crippen molar-refractivity contribution < 1.29 is 68.6 Å². The molecule has 1 saturated heterocycles. The number of aryl methyl sites for hydroxylation is 1. The molecule has 2 aromatic carbocycles. The number of likely N-dealkylation sites (tertiary alicyclic amines) is 1. The van der Waals surface area contributed by atoms with Crippen LogP contribution in [-0.4, -0.2) is 135 Å². The van der Waals surface area contributed by atoms with E-state index in [1.54, 1.807) is 26.0 Å². The van der Waals surface area contributed by atoms with Crippen LogP contribution >= 0.6 is 0 Å². The molecule has 0 unspecified atom stereocenters. The van der Waals surface area contributed by atoms with Gasteiger partial charge in [0.1, 0.15) is 18.1 Å². The van der Waals surface area contributed by atoms with Gasteiger partial charge in [-0.15, -0.1) is 0 Å².